The minimum Gasteiger partial charge on any atom is -0.478 e. The number of nitrogens with one attached hydrogen (secondary N) is 1. The molecule has 4 heteroatoms. The first kappa shape index (κ1) is 10.8. The van der Waals surface area contributed by atoms with Crippen LogP contribution in [0.2, 0.25) is 0 Å². The van der Waals surface area contributed by atoms with Crippen molar-refractivity contribution in [3.05, 3.63) is 17.0 Å². The maximum Gasteiger partial charge on any atom is 0.339 e. The fourth-order valence-corrected chi connectivity index (χ4v) is 1.49. The average Bonchev–Trinajstić information content (AvgIpc) is 2.46. The SMILES string of the molecule is CCc1n[nH]c(CC(C)C)c1C(=O)O. The summed E-state index contributed by atoms with van der Waals surface area (Å²) in [7, 11) is 0. The van der Waals surface area contributed by atoms with Crippen molar-refractivity contribution in [2.45, 2.75) is 33.6 Å². The predicted molar refractivity (Wildman–Crippen MR) is 53.5 cm³/mol. The van der Waals surface area contributed by atoms with Crippen LogP contribution in [0.1, 0.15) is 42.5 Å². The normalized spacial score (nSPS) is 10.9. The monoisotopic (exact) mass is 196 g/mol. The maximum atomic E-state index is 11.0. The van der Waals surface area contributed by atoms with Gasteiger partial charge >= 0.3 is 5.97 Å². The van der Waals surface area contributed by atoms with Gasteiger partial charge in [-0.05, 0) is 18.8 Å². The van der Waals surface area contributed by atoms with Crippen LogP contribution in [0.4, 0.5) is 0 Å². The second-order valence-electron chi connectivity index (χ2n) is 3.78. The number of carboxylic acid groups (broad SMARTS) is 1. The molecular weight excluding hydrogens is 180 g/mol. The summed E-state index contributed by atoms with van der Waals surface area (Å²) < 4.78 is 0. The number of carbonyl (C=O) groups is 1. The number of aromatic carboxylic acids is 1. The van der Waals surface area contributed by atoms with E-state index in [1.165, 1.54) is 0 Å². The highest BCUT2D eigenvalue weighted by molar-refractivity contribution is 5.90. The predicted octanol–water partition coefficient (Wildman–Crippen LogP) is 1.87. The zero-order chi connectivity index (χ0) is 10.7. The minimum absolute atomic E-state index is 0.362. The number of H-pyrrole nitrogens is 1. The molecule has 0 spiro atoms. The van der Waals surface area contributed by atoms with Crippen molar-refractivity contribution in [2.75, 3.05) is 0 Å². The fourth-order valence-electron chi connectivity index (χ4n) is 1.49. The lowest BCUT2D eigenvalue weighted by molar-refractivity contribution is 0.0694. The number of aromatic amines is 1. The molecule has 0 aliphatic rings. The molecule has 0 unspecified atom stereocenters. The van der Waals surface area contributed by atoms with Gasteiger partial charge < -0.3 is 5.11 Å². The third-order valence-corrected chi connectivity index (χ3v) is 2.08. The van der Waals surface area contributed by atoms with Gasteiger partial charge in [-0.15, -0.1) is 0 Å². The highest BCUT2D eigenvalue weighted by Crippen LogP contribution is 2.15. The first-order valence-electron chi connectivity index (χ1n) is 4.85. The van der Waals surface area contributed by atoms with Crippen molar-refractivity contribution in [3.8, 4) is 0 Å². The second kappa shape index (κ2) is 4.26. The Morgan fingerprint density at radius 3 is 2.64 bits per heavy atom. The van der Waals surface area contributed by atoms with E-state index in [9.17, 15) is 4.79 Å². The minimum atomic E-state index is -0.883. The van der Waals surface area contributed by atoms with E-state index in [-0.39, 0.29) is 0 Å². The molecule has 0 saturated heterocycles. The Hall–Kier alpha value is -1.32. The summed E-state index contributed by atoms with van der Waals surface area (Å²) in [6.07, 6.45) is 1.38. The molecule has 0 aliphatic carbocycles. The van der Waals surface area contributed by atoms with Gasteiger partial charge in [0.05, 0.1) is 11.4 Å². The Balaban J connectivity index is 3.04. The molecule has 0 radical (unpaired) electrons. The fraction of sp³-hybridized carbons (Fsp3) is 0.600. The third kappa shape index (κ3) is 2.13. The Bertz CT molecular complexity index is 329. The molecule has 0 aliphatic heterocycles. The van der Waals surface area contributed by atoms with E-state index >= 15 is 0 Å². The van der Waals surface area contributed by atoms with Crippen LogP contribution in [0, 0.1) is 5.92 Å². The number of aryl methyl sites for hydroxylation is 1. The van der Waals surface area contributed by atoms with E-state index in [0.717, 1.165) is 12.1 Å². The number of carboxylic acids is 1. The summed E-state index contributed by atoms with van der Waals surface area (Å²) in [5.41, 5.74) is 1.75. The second-order valence-corrected chi connectivity index (χ2v) is 3.78. The van der Waals surface area contributed by atoms with Crippen molar-refractivity contribution in [1.29, 1.82) is 0 Å². The molecule has 0 saturated carbocycles. The smallest absolute Gasteiger partial charge is 0.339 e. The molecule has 1 aromatic rings. The lowest BCUT2D eigenvalue weighted by atomic mass is 10.0. The third-order valence-electron chi connectivity index (χ3n) is 2.08. The molecule has 0 aromatic carbocycles. The Kier molecular flexibility index (Phi) is 3.28. The standard InChI is InChI=1S/C10H16N2O2/c1-4-7-9(10(13)14)8(12-11-7)5-6(2)3/h6H,4-5H2,1-3H3,(H,11,12)(H,13,14). The summed E-state index contributed by atoms with van der Waals surface area (Å²) >= 11 is 0. The lowest BCUT2D eigenvalue weighted by Gasteiger charge is -2.03. The molecule has 2 N–H and O–H groups in total. The molecule has 0 fully saturated rings. The Morgan fingerprint density at radius 1 is 1.57 bits per heavy atom. The van der Waals surface area contributed by atoms with Gasteiger partial charge in [-0.1, -0.05) is 20.8 Å². The first-order chi connectivity index (χ1) is 6.56. The molecule has 14 heavy (non-hydrogen) atoms. The molecular formula is C10H16N2O2. The molecule has 0 atom stereocenters. The van der Waals surface area contributed by atoms with Gasteiger partial charge in [-0.3, -0.25) is 5.10 Å². The maximum absolute atomic E-state index is 11.0. The van der Waals surface area contributed by atoms with Crippen molar-refractivity contribution in [2.24, 2.45) is 5.92 Å². The van der Waals surface area contributed by atoms with Gasteiger partial charge in [-0.25, -0.2) is 4.79 Å². The van der Waals surface area contributed by atoms with Crippen LogP contribution in [0.3, 0.4) is 0 Å². The van der Waals surface area contributed by atoms with Gasteiger partial charge in [0.25, 0.3) is 0 Å². The van der Waals surface area contributed by atoms with Crippen LogP contribution in [0.25, 0.3) is 0 Å². The highest BCUT2D eigenvalue weighted by Gasteiger charge is 2.18. The van der Waals surface area contributed by atoms with E-state index in [1.807, 2.05) is 6.92 Å². The van der Waals surface area contributed by atoms with E-state index in [2.05, 4.69) is 24.0 Å². The van der Waals surface area contributed by atoms with Crippen LogP contribution in [0.15, 0.2) is 0 Å². The van der Waals surface area contributed by atoms with Gasteiger partial charge in [0, 0.05) is 0 Å². The number of hydrogen-bond donors (Lipinski definition) is 2. The molecule has 1 aromatic heterocycles. The Morgan fingerprint density at radius 2 is 2.21 bits per heavy atom. The summed E-state index contributed by atoms with van der Waals surface area (Å²) in [5, 5.41) is 15.8. The van der Waals surface area contributed by atoms with Crippen molar-refractivity contribution < 1.29 is 9.90 Å². The quantitative estimate of drug-likeness (QED) is 0.772. The van der Waals surface area contributed by atoms with Gasteiger partial charge in [-0.2, -0.15) is 5.10 Å². The van der Waals surface area contributed by atoms with Crippen LogP contribution in [0.5, 0.6) is 0 Å². The van der Waals surface area contributed by atoms with Crippen molar-refractivity contribution in [3.63, 3.8) is 0 Å². The molecule has 1 rings (SSSR count). The lowest BCUT2D eigenvalue weighted by Crippen LogP contribution is -2.05. The summed E-state index contributed by atoms with van der Waals surface area (Å²) in [4.78, 5) is 11.0. The number of hydrogen-bond acceptors (Lipinski definition) is 2. The van der Waals surface area contributed by atoms with Gasteiger partial charge in [0.1, 0.15) is 5.56 Å². The average molecular weight is 196 g/mol. The van der Waals surface area contributed by atoms with Gasteiger partial charge in [0.2, 0.25) is 0 Å². The van der Waals surface area contributed by atoms with Crippen LogP contribution >= 0.6 is 0 Å². The van der Waals surface area contributed by atoms with Crippen LogP contribution in [-0.4, -0.2) is 21.3 Å². The number of aromatic nitrogens is 2. The zero-order valence-corrected chi connectivity index (χ0v) is 8.79. The van der Waals surface area contributed by atoms with E-state index in [1.54, 1.807) is 0 Å². The van der Waals surface area contributed by atoms with E-state index in [0.29, 0.717) is 23.6 Å². The van der Waals surface area contributed by atoms with Crippen LogP contribution < -0.4 is 0 Å². The molecule has 4 nitrogen and oxygen atoms in total. The first-order valence-corrected chi connectivity index (χ1v) is 4.85. The number of nitrogens with zero attached hydrogens (tertiary/aromatic N) is 1. The van der Waals surface area contributed by atoms with Gasteiger partial charge in [0.15, 0.2) is 0 Å². The largest absolute Gasteiger partial charge is 0.478 e. The summed E-state index contributed by atoms with van der Waals surface area (Å²) in [6, 6.07) is 0. The molecule has 1 heterocycles. The zero-order valence-electron chi connectivity index (χ0n) is 8.79. The van der Waals surface area contributed by atoms with E-state index in [4.69, 9.17) is 5.11 Å². The number of rotatable bonds is 4. The van der Waals surface area contributed by atoms with Crippen molar-refractivity contribution >= 4 is 5.97 Å². The Labute approximate surface area is 83.3 Å². The van der Waals surface area contributed by atoms with Crippen molar-refractivity contribution in [1.82, 2.24) is 10.2 Å². The molecule has 78 valence electrons. The van der Waals surface area contributed by atoms with Crippen LogP contribution in [-0.2, 0) is 12.8 Å². The topological polar surface area (TPSA) is 66.0 Å². The van der Waals surface area contributed by atoms with E-state index < -0.39 is 5.97 Å². The summed E-state index contributed by atoms with van der Waals surface area (Å²) in [6.45, 7) is 6.01. The molecule has 0 amide bonds. The molecule has 0 bridgehead atoms. The summed E-state index contributed by atoms with van der Waals surface area (Å²) in [5.74, 6) is -0.454. The highest BCUT2D eigenvalue weighted by atomic mass is 16.4.